The van der Waals surface area contributed by atoms with E-state index in [0.717, 1.165) is 57.3 Å². The standard InChI is InChI=1S/C20H32N4O3/c1-3-22-19(25)18-7-4-6-16(12-18)13-24-20(21-2)23-9-5-10-26-14-17-8-11-27-15-17/h4,6-7,12,17H,3,5,8-11,13-15H2,1-2H3,(H,22,25)(H2,21,23,24). The van der Waals surface area contributed by atoms with E-state index in [1.54, 1.807) is 7.05 Å². The molecule has 2 rings (SSSR count). The Hall–Kier alpha value is -2.12. The number of ether oxygens (including phenoxy) is 2. The zero-order valence-corrected chi connectivity index (χ0v) is 16.4. The molecule has 3 N–H and O–H groups in total. The third-order valence-corrected chi connectivity index (χ3v) is 4.35. The number of rotatable bonds is 10. The molecule has 1 aromatic carbocycles. The Labute approximate surface area is 161 Å². The number of nitrogens with zero attached hydrogens (tertiary/aromatic N) is 1. The van der Waals surface area contributed by atoms with Gasteiger partial charge in [0, 0.05) is 51.4 Å². The summed E-state index contributed by atoms with van der Waals surface area (Å²) in [4.78, 5) is 16.1. The van der Waals surface area contributed by atoms with E-state index >= 15 is 0 Å². The molecule has 1 aliphatic heterocycles. The second-order valence-corrected chi connectivity index (χ2v) is 6.57. The van der Waals surface area contributed by atoms with Crippen LogP contribution in [0.25, 0.3) is 0 Å². The van der Waals surface area contributed by atoms with Crippen molar-refractivity contribution < 1.29 is 14.3 Å². The molecule has 0 aromatic heterocycles. The summed E-state index contributed by atoms with van der Waals surface area (Å²) < 4.78 is 11.0. The van der Waals surface area contributed by atoms with Gasteiger partial charge in [-0.15, -0.1) is 0 Å². The third kappa shape index (κ3) is 7.97. The molecule has 0 spiro atoms. The average molecular weight is 377 g/mol. The second kappa shape index (κ2) is 12.3. The van der Waals surface area contributed by atoms with Gasteiger partial charge in [-0.3, -0.25) is 9.79 Å². The maximum atomic E-state index is 11.9. The van der Waals surface area contributed by atoms with Gasteiger partial charge in [-0.05, 0) is 37.5 Å². The van der Waals surface area contributed by atoms with Crippen LogP contribution in [0.2, 0.25) is 0 Å². The van der Waals surface area contributed by atoms with Crippen LogP contribution >= 0.6 is 0 Å². The fourth-order valence-electron chi connectivity index (χ4n) is 2.84. The van der Waals surface area contributed by atoms with Gasteiger partial charge in [0.25, 0.3) is 5.91 Å². The number of benzene rings is 1. The van der Waals surface area contributed by atoms with Crippen LogP contribution in [-0.2, 0) is 16.0 Å². The first-order chi connectivity index (χ1) is 13.2. The monoisotopic (exact) mass is 376 g/mol. The highest BCUT2D eigenvalue weighted by Gasteiger charge is 2.15. The smallest absolute Gasteiger partial charge is 0.251 e. The highest BCUT2D eigenvalue weighted by Crippen LogP contribution is 2.12. The zero-order valence-electron chi connectivity index (χ0n) is 16.4. The minimum absolute atomic E-state index is 0.0500. The Bertz CT molecular complexity index is 601. The highest BCUT2D eigenvalue weighted by molar-refractivity contribution is 5.94. The number of amides is 1. The highest BCUT2D eigenvalue weighted by atomic mass is 16.5. The van der Waals surface area contributed by atoms with Crippen LogP contribution in [-0.4, -0.2) is 58.4 Å². The van der Waals surface area contributed by atoms with Crippen molar-refractivity contribution in [3.05, 3.63) is 35.4 Å². The number of aliphatic imine (C=N–C) groups is 1. The maximum absolute atomic E-state index is 11.9. The van der Waals surface area contributed by atoms with Crippen molar-refractivity contribution >= 4 is 11.9 Å². The summed E-state index contributed by atoms with van der Waals surface area (Å²) in [7, 11) is 1.75. The lowest BCUT2D eigenvalue weighted by Gasteiger charge is -2.13. The first-order valence-electron chi connectivity index (χ1n) is 9.70. The zero-order chi connectivity index (χ0) is 19.3. The summed E-state index contributed by atoms with van der Waals surface area (Å²) in [5.41, 5.74) is 1.70. The molecule has 27 heavy (non-hydrogen) atoms. The Kier molecular flexibility index (Phi) is 9.65. The van der Waals surface area contributed by atoms with Crippen molar-refractivity contribution in [2.45, 2.75) is 26.3 Å². The first-order valence-corrected chi connectivity index (χ1v) is 9.70. The average Bonchev–Trinajstić information content (AvgIpc) is 3.21. The number of carbonyl (C=O) groups excluding carboxylic acids is 1. The van der Waals surface area contributed by atoms with Gasteiger partial charge >= 0.3 is 0 Å². The summed E-state index contributed by atoms with van der Waals surface area (Å²) in [6, 6.07) is 7.60. The molecule has 7 nitrogen and oxygen atoms in total. The van der Waals surface area contributed by atoms with E-state index in [1.807, 2.05) is 31.2 Å². The van der Waals surface area contributed by atoms with E-state index in [0.29, 0.717) is 24.6 Å². The minimum Gasteiger partial charge on any atom is -0.381 e. The first kappa shape index (κ1) is 21.2. The van der Waals surface area contributed by atoms with E-state index in [2.05, 4.69) is 20.9 Å². The molecular weight excluding hydrogens is 344 g/mol. The van der Waals surface area contributed by atoms with Crippen molar-refractivity contribution in [2.24, 2.45) is 10.9 Å². The fraction of sp³-hybridized carbons (Fsp3) is 0.600. The van der Waals surface area contributed by atoms with Crippen molar-refractivity contribution in [2.75, 3.05) is 46.6 Å². The summed E-state index contributed by atoms with van der Waals surface area (Å²) in [6.07, 6.45) is 2.02. The van der Waals surface area contributed by atoms with Gasteiger partial charge in [-0.2, -0.15) is 0 Å². The fourth-order valence-corrected chi connectivity index (χ4v) is 2.84. The number of carbonyl (C=O) groups is 1. The van der Waals surface area contributed by atoms with Crippen LogP contribution < -0.4 is 16.0 Å². The van der Waals surface area contributed by atoms with Crippen molar-refractivity contribution in [3.63, 3.8) is 0 Å². The predicted molar refractivity (Wildman–Crippen MR) is 107 cm³/mol. The van der Waals surface area contributed by atoms with Crippen LogP contribution in [0.15, 0.2) is 29.3 Å². The van der Waals surface area contributed by atoms with Gasteiger partial charge in [0.15, 0.2) is 5.96 Å². The van der Waals surface area contributed by atoms with Crippen molar-refractivity contribution in [1.82, 2.24) is 16.0 Å². The summed E-state index contributed by atoms with van der Waals surface area (Å²) in [5, 5.41) is 9.36. The molecule has 0 aliphatic carbocycles. The Balaban J connectivity index is 1.63. The van der Waals surface area contributed by atoms with Gasteiger partial charge in [0.05, 0.1) is 13.2 Å². The lowest BCUT2D eigenvalue weighted by atomic mass is 10.1. The molecule has 7 heteroatoms. The molecule has 0 saturated carbocycles. The van der Waals surface area contributed by atoms with Crippen LogP contribution in [0.3, 0.4) is 0 Å². The molecule has 1 heterocycles. The lowest BCUT2D eigenvalue weighted by molar-refractivity contribution is 0.0888. The second-order valence-electron chi connectivity index (χ2n) is 6.57. The molecule has 1 aliphatic rings. The predicted octanol–water partition coefficient (Wildman–Crippen LogP) is 1.54. The molecular formula is C20H32N4O3. The Morgan fingerprint density at radius 1 is 1.33 bits per heavy atom. The topological polar surface area (TPSA) is 84.0 Å². The molecule has 1 aromatic rings. The van der Waals surface area contributed by atoms with Crippen LogP contribution in [0.1, 0.15) is 35.7 Å². The Morgan fingerprint density at radius 3 is 2.96 bits per heavy atom. The minimum atomic E-state index is -0.0500. The van der Waals surface area contributed by atoms with Gasteiger partial charge < -0.3 is 25.4 Å². The van der Waals surface area contributed by atoms with Gasteiger partial charge in [-0.25, -0.2) is 0 Å². The van der Waals surface area contributed by atoms with Gasteiger partial charge in [0.2, 0.25) is 0 Å². The Morgan fingerprint density at radius 2 is 2.22 bits per heavy atom. The van der Waals surface area contributed by atoms with Crippen molar-refractivity contribution in [3.8, 4) is 0 Å². The normalized spacial score (nSPS) is 17.0. The number of guanidine groups is 1. The summed E-state index contributed by atoms with van der Waals surface area (Å²) in [6.45, 7) is 7.14. The molecule has 1 amide bonds. The largest absolute Gasteiger partial charge is 0.381 e. The molecule has 0 bridgehead atoms. The van der Waals surface area contributed by atoms with Crippen LogP contribution in [0, 0.1) is 5.92 Å². The quantitative estimate of drug-likeness (QED) is 0.328. The third-order valence-electron chi connectivity index (χ3n) is 4.35. The lowest BCUT2D eigenvalue weighted by Crippen LogP contribution is -2.37. The molecule has 1 unspecified atom stereocenters. The molecule has 1 saturated heterocycles. The SMILES string of the molecule is CCNC(=O)c1cccc(CNC(=NC)NCCCOCC2CCOC2)c1. The summed E-state index contributed by atoms with van der Waals surface area (Å²) >= 11 is 0. The van der Waals surface area contributed by atoms with Gasteiger partial charge in [0.1, 0.15) is 0 Å². The number of nitrogens with one attached hydrogen (secondary N) is 3. The van der Waals surface area contributed by atoms with E-state index in [9.17, 15) is 4.79 Å². The number of hydrogen-bond donors (Lipinski definition) is 3. The van der Waals surface area contributed by atoms with E-state index in [-0.39, 0.29) is 5.91 Å². The summed E-state index contributed by atoms with van der Waals surface area (Å²) in [5.74, 6) is 1.25. The van der Waals surface area contributed by atoms with E-state index in [4.69, 9.17) is 9.47 Å². The van der Waals surface area contributed by atoms with Crippen molar-refractivity contribution in [1.29, 1.82) is 0 Å². The molecule has 1 atom stereocenters. The number of hydrogen-bond acceptors (Lipinski definition) is 4. The van der Waals surface area contributed by atoms with Gasteiger partial charge in [-0.1, -0.05) is 12.1 Å². The molecule has 1 fully saturated rings. The molecule has 150 valence electrons. The maximum Gasteiger partial charge on any atom is 0.251 e. The van der Waals surface area contributed by atoms with Crippen LogP contribution in [0.4, 0.5) is 0 Å². The molecule has 0 radical (unpaired) electrons. The van der Waals surface area contributed by atoms with Crippen LogP contribution in [0.5, 0.6) is 0 Å². The van der Waals surface area contributed by atoms with E-state index in [1.165, 1.54) is 0 Å². The van der Waals surface area contributed by atoms with E-state index < -0.39 is 0 Å².